The van der Waals surface area contributed by atoms with Crippen molar-refractivity contribution in [3.63, 3.8) is 0 Å². The van der Waals surface area contributed by atoms with Gasteiger partial charge in [0.05, 0.1) is 25.0 Å². The predicted octanol–water partition coefficient (Wildman–Crippen LogP) is -0.954. The van der Waals surface area contributed by atoms with Crippen LogP contribution in [0, 0.1) is 22.7 Å². The van der Waals surface area contributed by atoms with Gasteiger partial charge in [0.15, 0.2) is 0 Å². The van der Waals surface area contributed by atoms with E-state index in [1.165, 1.54) is 0 Å². The van der Waals surface area contributed by atoms with Gasteiger partial charge in [-0.3, -0.25) is 9.59 Å². The van der Waals surface area contributed by atoms with Crippen molar-refractivity contribution in [2.75, 3.05) is 13.1 Å². The molecule has 0 aromatic rings. The Labute approximate surface area is 81.5 Å². The Balaban J connectivity index is 3.62. The van der Waals surface area contributed by atoms with E-state index in [9.17, 15) is 9.59 Å². The van der Waals surface area contributed by atoms with Crippen molar-refractivity contribution in [1.29, 1.82) is 10.5 Å². The lowest BCUT2D eigenvalue weighted by atomic mass is 10.4. The van der Waals surface area contributed by atoms with E-state index in [0.29, 0.717) is 0 Å². The molecule has 0 aromatic carbocycles. The molecule has 6 nitrogen and oxygen atoms in total. The first kappa shape index (κ1) is 11.9. The Hall–Kier alpha value is -2.08. The molecular formula is C8H10N4O2. The van der Waals surface area contributed by atoms with Crippen molar-refractivity contribution in [2.45, 2.75) is 12.8 Å². The van der Waals surface area contributed by atoms with Gasteiger partial charge >= 0.3 is 11.8 Å². The van der Waals surface area contributed by atoms with Gasteiger partial charge in [0.2, 0.25) is 0 Å². The average molecular weight is 194 g/mol. The molecule has 0 unspecified atom stereocenters. The molecule has 0 heterocycles. The standard InChI is InChI=1S/C8H10N4O2/c9-3-1-5-11-7(13)8(14)12-6-2-4-10/h1-2,5-6H2,(H,11,13)(H,12,14). The Kier molecular flexibility index (Phi) is 6.44. The number of rotatable bonds is 4. The van der Waals surface area contributed by atoms with Crippen LogP contribution in [0.1, 0.15) is 12.8 Å². The molecule has 0 bridgehead atoms. The second-order valence-electron chi connectivity index (χ2n) is 2.33. The van der Waals surface area contributed by atoms with Crippen LogP contribution in [0.25, 0.3) is 0 Å². The van der Waals surface area contributed by atoms with Crippen LogP contribution in [-0.2, 0) is 9.59 Å². The van der Waals surface area contributed by atoms with Gasteiger partial charge in [-0.05, 0) is 0 Å². The van der Waals surface area contributed by atoms with E-state index in [1.807, 2.05) is 12.1 Å². The van der Waals surface area contributed by atoms with Gasteiger partial charge in [0.25, 0.3) is 0 Å². The summed E-state index contributed by atoms with van der Waals surface area (Å²) in [5.74, 6) is -1.56. The third kappa shape index (κ3) is 5.56. The van der Waals surface area contributed by atoms with Crippen LogP contribution >= 0.6 is 0 Å². The van der Waals surface area contributed by atoms with Gasteiger partial charge < -0.3 is 10.6 Å². The van der Waals surface area contributed by atoms with Crippen LogP contribution in [0.4, 0.5) is 0 Å². The molecule has 0 fully saturated rings. The number of nitrogens with one attached hydrogen (secondary N) is 2. The van der Waals surface area contributed by atoms with E-state index in [0.717, 1.165) is 0 Å². The minimum Gasteiger partial charge on any atom is -0.347 e. The number of nitrogens with zero attached hydrogens (tertiary/aromatic N) is 2. The van der Waals surface area contributed by atoms with Gasteiger partial charge in [0.1, 0.15) is 0 Å². The summed E-state index contributed by atoms with van der Waals surface area (Å²) in [6.45, 7) is 0.308. The first-order chi connectivity index (χ1) is 6.72. The zero-order chi connectivity index (χ0) is 10.8. The second-order valence-corrected chi connectivity index (χ2v) is 2.33. The smallest absolute Gasteiger partial charge is 0.309 e. The molecule has 0 aliphatic rings. The molecule has 0 spiro atoms. The van der Waals surface area contributed by atoms with E-state index in [1.54, 1.807) is 0 Å². The van der Waals surface area contributed by atoms with Crippen LogP contribution < -0.4 is 10.6 Å². The van der Waals surface area contributed by atoms with E-state index in [4.69, 9.17) is 10.5 Å². The highest BCUT2D eigenvalue weighted by Crippen LogP contribution is 1.75. The maximum absolute atomic E-state index is 10.9. The SMILES string of the molecule is N#CCCNC(=O)C(=O)NCCC#N. The third-order valence-electron chi connectivity index (χ3n) is 1.25. The Morgan fingerprint density at radius 1 is 0.929 bits per heavy atom. The van der Waals surface area contributed by atoms with E-state index >= 15 is 0 Å². The minimum absolute atomic E-state index is 0.154. The third-order valence-corrected chi connectivity index (χ3v) is 1.25. The fourth-order valence-electron chi connectivity index (χ4n) is 0.624. The first-order valence-electron chi connectivity index (χ1n) is 4.02. The number of carbonyl (C=O) groups excluding carboxylic acids is 2. The monoisotopic (exact) mass is 194 g/mol. The lowest BCUT2D eigenvalue weighted by molar-refractivity contribution is -0.139. The predicted molar refractivity (Wildman–Crippen MR) is 46.5 cm³/mol. The summed E-state index contributed by atoms with van der Waals surface area (Å²) in [5.41, 5.74) is 0. The van der Waals surface area contributed by atoms with Crippen LogP contribution in [-0.4, -0.2) is 24.9 Å². The summed E-state index contributed by atoms with van der Waals surface area (Å²) in [7, 11) is 0. The van der Waals surface area contributed by atoms with Crippen LogP contribution in [0.2, 0.25) is 0 Å². The number of carbonyl (C=O) groups is 2. The van der Waals surface area contributed by atoms with Crippen molar-refractivity contribution in [3.05, 3.63) is 0 Å². The molecule has 0 saturated heterocycles. The maximum Gasteiger partial charge on any atom is 0.309 e. The molecule has 0 aromatic heterocycles. The number of nitriles is 2. The summed E-state index contributed by atoms with van der Waals surface area (Å²) in [6, 6.07) is 3.65. The van der Waals surface area contributed by atoms with Gasteiger partial charge in [-0.15, -0.1) is 0 Å². The molecule has 0 aliphatic carbocycles. The molecular weight excluding hydrogens is 184 g/mol. The Bertz CT molecular complexity index is 257. The van der Waals surface area contributed by atoms with E-state index < -0.39 is 11.8 Å². The number of amides is 2. The normalized spacial score (nSPS) is 8.14. The molecule has 2 amide bonds. The van der Waals surface area contributed by atoms with Gasteiger partial charge in [-0.1, -0.05) is 0 Å². The first-order valence-corrected chi connectivity index (χ1v) is 4.02. The largest absolute Gasteiger partial charge is 0.347 e. The molecule has 6 heteroatoms. The molecule has 0 rings (SSSR count). The summed E-state index contributed by atoms with van der Waals surface area (Å²) in [4.78, 5) is 21.8. The summed E-state index contributed by atoms with van der Waals surface area (Å²) in [6.07, 6.45) is 0.328. The molecule has 0 radical (unpaired) electrons. The highest BCUT2D eigenvalue weighted by Gasteiger charge is 2.10. The van der Waals surface area contributed by atoms with E-state index in [-0.39, 0.29) is 25.9 Å². The van der Waals surface area contributed by atoms with Gasteiger partial charge in [-0.2, -0.15) is 10.5 Å². The lowest BCUT2D eigenvalue weighted by Crippen LogP contribution is -2.40. The average Bonchev–Trinajstić information content (AvgIpc) is 2.18. The molecule has 2 N–H and O–H groups in total. The molecule has 0 aliphatic heterocycles. The topological polar surface area (TPSA) is 106 Å². The lowest BCUT2D eigenvalue weighted by Gasteiger charge is -2.02. The zero-order valence-corrected chi connectivity index (χ0v) is 7.54. The van der Waals surface area contributed by atoms with Crippen LogP contribution in [0.5, 0.6) is 0 Å². The van der Waals surface area contributed by atoms with Crippen molar-refractivity contribution in [3.8, 4) is 12.1 Å². The van der Waals surface area contributed by atoms with Gasteiger partial charge in [0, 0.05) is 13.1 Å². The molecule has 14 heavy (non-hydrogen) atoms. The maximum atomic E-state index is 10.9. The molecule has 0 atom stereocenters. The second kappa shape index (κ2) is 7.56. The highest BCUT2D eigenvalue weighted by molar-refractivity contribution is 6.35. The zero-order valence-electron chi connectivity index (χ0n) is 7.54. The van der Waals surface area contributed by atoms with E-state index in [2.05, 4.69) is 10.6 Å². The van der Waals surface area contributed by atoms with Gasteiger partial charge in [-0.25, -0.2) is 0 Å². The van der Waals surface area contributed by atoms with Crippen LogP contribution in [0.15, 0.2) is 0 Å². The summed E-state index contributed by atoms with van der Waals surface area (Å²) >= 11 is 0. The summed E-state index contributed by atoms with van der Waals surface area (Å²) < 4.78 is 0. The van der Waals surface area contributed by atoms with Crippen molar-refractivity contribution in [2.24, 2.45) is 0 Å². The molecule has 0 saturated carbocycles. The Morgan fingerprint density at radius 2 is 1.29 bits per heavy atom. The van der Waals surface area contributed by atoms with Crippen LogP contribution in [0.3, 0.4) is 0 Å². The fourth-order valence-corrected chi connectivity index (χ4v) is 0.624. The van der Waals surface area contributed by atoms with Crippen molar-refractivity contribution in [1.82, 2.24) is 10.6 Å². The Morgan fingerprint density at radius 3 is 1.57 bits per heavy atom. The molecule has 74 valence electrons. The minimum atomic E-state index is -0.779. The number of hydrogen-bond acceptors (Lipinski definition) is 4. The van der Waals surface area contributed by atoms with Crippen molar-refractivity contribution < 1.29 is 9.59 Å². The van der Waals surface area contributed by atoms with Crippen molar-refractivity contribution >= 4 is 11.8 Å². The number of hydrogen-bond donors (Lipinski definition) is 2. The summed E-state index contributed by atoms with van der Waals surface area (Å²) in [5, 5.41) is 20.8. The highest BCUT2D eigenvalue weighted by atomic mass is 16.2. The fraction of sp³-hybridized carbons (Fsp3) is 0.500. The quantitative estimate of drug-likeness (QED) is 0.444.